The Morgan fingerprint density at radius 1 is 1.06 bits per heavy atom. The zero-order chi connectivity index (χ0) is 23.4. The molecule has 1 aliphatic heterocycles. The van der Waals surface area contributed by atoms with Crippen molar-refractivity contribution in [3.8, 4) is 11.1 Å². The van der Waals surface area contributed by atoms with Crippen molar-refractivity contribution in [2.24, 2.45) is 0 Å². The summed E-state index contributed by atoms with van der Waals surface area (Å²) in [5.74, 6) is -0.289. The fraction of sp³-hybridized carbons (Fsp3) is 0.296. The SMILES string of the molecule is Cc1ccc(-c2cccc(CC3(C(=O)N(C)C)CN(C(=O)c4cccnc4)CCO3)c2)cc1. The van der Waals surface area contributed by atoms with E-state index in [0.29, 0.717) is 25.1 Å². The van der Waals surface area contributed by atoms with Crippen molar-refractivity contribution in [3.05, 3.63) is 89.7 Å². The molecule has 1 fully saturated rings. The van der Waals surface area contributed by atoms with Crippen LogP contribution in [-0.2, 0) is 16.0 Å². The van der Waals surface area contributed by atoms with Crippen LogP contribution in [0.4, 0.5) is 0 Å². The Labute approximate surface area is 194 Å². The molecule has 2 aromatic carbocycles. The van der Waals surface area contributed by atoms with Crippen LogP contribution in [0.1, 0.15) is 21.5 Å². The molecule has 1 unspecified atom stereocenters. The Morgan fingerprint density at radius 3 is 2.55 bits per heavy atom. The van der Waals surface area contributed by atoms with Gasteiger partial charge in [0, 0.05) is 39.5 Å². The van der Waals surface area contributed by atoms with Crippen molar-refractivity contribution in [2.45, 2.75) is 18.9 Å². The Kier molecular flexibility index (Phi) is 6.56. The first-order valence-electron chi connectivity index (χ1n) is 11.1. The number of nitrogens with zero attached hydrogens (tertiary/aromatic N) is 3. The molecule has 6 heteroatoms. The second-order valence-corrected chi connectivity index (χ2v) is 8.75. The minimum absolute atomic E-state index is 0.143. The third kappa shape index (κ3) is 4.96. The highest BCUT2D eigenvalue weighted by atomic mass is 16.5. The van der Waals surface area contributed by atoms with Crippen LogP contribution in [0.2, 0.25) is 0 Å². The van der Waals surface area contributed by atoms with E-state index in [2.05, 4.69) is 48.3 Å². The molecule has 4 rings (SSSR count). The molecule has 2 amide bonds. The Hall–Kier alpha value is -3.51. The Balaban J connectivity index is 1.64. The first-order valence-corrected chi connectivity index (χ1v) is 11.1. The van der Waals surface area contributed by atoms with Crippen LogP contribution in [0.15, 0.2) is 73.1 Å². The fourth-order valence-corrected chi connectivity index (χ4v) is 4.29. The van der Waals surface area contributed by atoms with Crippen LogP contribution in [0.3, 0.4) is 0 Å². The molecule has 3 aromatic rings. The molecule has 0 N–H and O–H groups in total. The van der Waals surface area contributed by atoms with Crippen molar-refractivity contribution < 1.29 is 14.3 Å². The lowest BCUT2D eigenvalue weighted by Gasteiger charge is -2.43. The number of hydrogen-bond acceptors (Lipinski definition) is 4. The van der Waals surface area contributed by atoms with E-state index in [0.717, 1.165) is 16.7 Å². The number of rotatable bonds is 5. The third-order valence-electron chi connectivity index (χ3n) is 5.98. The van der Waals surface area contributed by atoms with E-state index < -0.39 is 5.60 Å². The van der Waals surface area contributed by atoms with E-state index in [-0.39, 0.29) is 18.4 Å². The monoisotopic (exact) mass is 443 g/mol. The minimum atomic E-state index is -1.15. The van der Waals surface area contributed by atoms with Gasteiger partial charge in [0.15, 0.2) is 5.60 Å². The first kappa shape index (κ1) is 22.7. The van der Waals surface area contributed by atoms with Crippen molar-refractivity contribution in [1.29, 1.82) is 0 Å². The summed E-state index contributed by atoms with van der Waals surface area (Å²) in [6.45, 7) is 2.98. The fourth-order valence-electron chi connectivity index (χ4n) is 4.29. The van der Waals surface area contributed by atoms with Gasteiger partial charge >= 0.3 is 0 Å². The number of aryl methyl sites for hydroxylation is 1. The van der Waals surface area contributed by atoms with Crippen LogP contribution in [-0.4, -0.2) is 66.0 Å². The molecule has 0 spiro atoms. The summed E-state index contributed by atoms with van der Waals surface area (Å²) in [7, 11) is 3.44. The molecule has 6 nitrogen and oxygen atoms in total. The number of hydrogen-bond donors (Lipinski definition) is 0. The predicted octanol–water partition coefficient (Wildman–Crippen LogP) is 3.60. The number of ether oxygens (including phenoxy) is 1. The van der Waals surface area contributed by atoms with Crippen LogP contribution in [0.5, 0.6) is 0 Å². The van der Waals surface area contributed by atoms with Crippen molar-refractivity contribution in [3.63, 3.8) is 0 Å². The summed E-state index contributed by atoms with van der Waals surface area (Å²) in [6.07, 6.45) is 3.57. The highest BCUT2D eigenvalue weighted by molar-refractivity contribution is 5.95. The molecule has 2 heterocycles. The van der Waals surface area contributed by atoms with E-state index >= 15 is 0 Å². The summed E-state index contributed by atoms with van der Waals surface area (Å²) in [6, 6.07) is 20.0. The topological polar surface area (TPSA) is 62.7 Å². The van der Waals surface area contributed by atoms with Gasteiger partial charge in [-0.15, -0.1) is 0 Å². The highest BCUT2D eigenvalue weighted by Gasteiger charge is 2.46. The number of amides is 2. The van der Waals surface area contributed by atoms with Gasteiger partial charge in [0.1, 0.15) is 0 Å². The summed E-state index contributed by atoms with van der Waals surface area (Å²) in [5.41, 5.74) is 3.75. The zero-order valence-corrected chi connectivity index (χ0v) is 19.3. The summed E-state index contributed by atoms with van der Waals surface area (Å²) in [4.78, 5) is 33.8. The molecule has 0 aliphatic carbocycles. The molecule has 1 saturated heterocycles. The molecular formula is C27H29N3O3. The number of benzene rings is 2. The number of morpholine rings is 1. The van der Waals surface area contributed by atoms with Crippen LogP contribution < -0.4 is 0 Å². The van der Waals surface area contributed by atoms with Gasteiger partial charge in [-0.1, -0.05) is 54.1 Å². The first-order chi connectivity index (χ1) is 15.9. The molecule has 1 aliphatic rings. The Bertz CT molecular complexity index is 1130. The third-order valence-corrected chi connectivity index (χ3v) is 5.98. The van der Waals surface area contributed by atoms with Gasteiger partial charge in [-0.25, -0.2) is 0 Å². The molecular weight excluding hydrogens is 414 g/mol. The largest absolute Gasteiger partial charge is 0.361 e. The van der Waals surface area contributed by atoms with Gasteiger partial charge in [-0.3, -0.25) is 14.6 Å². The van der Waals surface area contributed by atoms with Crippen molar-refractivity contribution in [1.82, 2.24) is 14.8 Å². The van der Waals surface area contributed by atoms with E-state index in [1.54, 1.807) is 48.4 Å². The smallest absolute Gasteiger partial charge is 0.256 e. The maximum Gasteiger partial charge on any atom is 0.256 e. The Morgan fingerprint density at radius 2 is 1.85 bits per heavy atom. The lowest BCUT2D eigenvalue weighted by atomic mass is 9.89. The van der Waals surface area contributed by atoms with Crippen LogP contribution in [0, 0.1) is 6.92 Å². The van der Waals surface area contributed by atoms with Crippen LogP contribution >= 0.6 is 0 Å². The molecule has 0 saturated carbocycles. The zero-order valence-electron chi connectivity index (χ0n) is 19.3. The lowest BCUT2D eigenvalue weighted by Crippen LogP contribution is -2.61. The second kappa shape index (κ2) is 9.55. The molecule has 170 valence electrons. The van der Waals surface area contributed by atoms with Gasteiger partial charge in [-0.05, 0) is 35.7 Å². The standard InChI is InChI=1S/C27H29N3O3/c1-20-9-11-22(12-10-20)23-7-4-6-21(16-23)17-27(26(32)29(2)3)19-30(14-15-33-27)25(31)24-8-5-13-28-18-24/h4-13,16,18H,14-15,17,19H2,1-3H3. The highest BCUT2D eigenvalue weighted by Crippen LogP contribution is 2.29. The van der Waals surface area contributed by atoms with E-state index in [1.807, 2.05) is 12.1 Å². The maximum absolute atomic E-state index is 13.4. The maximum atomic E-state index is 13.4. The molecule has 1 atom stereocenters. The van der Waals surface area contributed by atoms with E-state index in [4.69, 9.17) is 4.74 Å². The van der Waals surface area contributed by atoms with Crippen LogP contribution in [0.25, 0.3) is 11.1 Å². The number of pyridine rings is 1. The van der Waals surface area contributed by atoms with Gasteiger partial charge < -0.3 is 14.5 Å². The van der Waals surface area contributed by atoms with Crippen molar-refractivity contribution >= 4 is 11.8 Å². The molecule has 33 heavy (non-hydrogen) atoms. The van der Waals surface area contributed by atoms with Crippen molar-refractivity contribution in [2.75, 3.05) is 33.8 Å². The average molecular weight is 444 g/mol. The number of carbonyl (C=O) groups excluding carboxylic acids is 2. The number of carbonyl (C=O) groups is 2. The van der Waals surface area contributed by atoms with Gasteiger partial charge in [0.05, 0.1) is 18.7 Å². The summed E-state index contributed by atoms with van der Waals surface area (Å²) >= 11 is 0. The average Bonchev–Trinajstić information content (AvgIpc) is 2.84. The lowest BCUT2D eigenvalue weighted by molar-refractivity contribution is -0.165. The predicted molar refractivity (Wildman–Crippen MR) is 128 cm³/mol. The van der Waals surface area contributed by atoms with E-state index in [9.17, 15) is 9.59 Å². The number of likely N-dealkylation sites (N-methyl/N-ethyl adjacent to an activating group) is 1. The van der Waals surface area contributed by atoms with Gasteiger partial charge in [0.2, 0.25) is 0 Å². The summed E-state index contributed by atoms with van der Waals surface area (Å²) in [5, 5.41) is 0. The number of aromatic nitrogens is 1. The second-order valence-electron chi connectivity index (χ2n) is 8.75. The van der Waals surface area contributed by atoms with E-state index in [1.165, 1.54) is 5.56 Å². The summed E-state index contributed by atoms with van der Waals surface area (Å²) < 4.78 is 6.17. The van der Waals surface area contributed by atoms with Gasteiger partial charge in [-0.2, -0.15) is 0 Å². The van der Waals surface area contributed by atoms with Gasteiger partial charge in [0.25, 0.3) is 11.8 Å². The quantitative estimate of drug-likeness (QED) is 0.605. The molecule has 1 aromatic heterocycles. The normalized spacial score (nSPS) is 18.1. The minimum Gasteiger partial charge on any atom is -0.361 e. The molecule has 0 radical (unpaired) electrons. The molecule has 0 bridgehead atoms.